The molecule has 6 heteroatoms. The van der Waals surface area contributed by atoms with Gasteiger partial charge in [0.15, 0.2) is 6.61 Å². The lowest BCUT2D eigenvalue weighted by Crippen LogP contribution is -2.33. The maximum absolute atomic E-state index is 12.4. The van der Waals surface area contributed by atoms with E-state index >= 15 is 0 Å². The largest absolute Gasteiger partial charge is 0.497 e. The minimum atomic E-state index is 0.000237. The molecule has 138 valence electrons. The zero-order valence-electron chi connectivity index (χ0n) is 14.8. The van der Waals surface area contributed by atoms with Gasteiger partial charge in [-0.05, 0) is 48.4 Å². The molecular formula is C20H23NO4S. The Morgan fingerprint density at radius 3 is 2.50 bits per heavy atom. The second-order valence-corrected chi connectivity index (χ2v) is 7.51. The number of methoxy groups -OCH3 is 1. The fourth-order valence-corrected chi connectivity index (χ4v) is 3.98. The standard InChI is InChI=1S/C20H23NO4S/c1-24-16-6-8-18(9-7-16)26-19-10-11-21(12-19)20(23)14-25-17-4-2-15(13-22)3-5-17/h2-9,19,22H,10-14H2,1H3. The highest BCUT2D eigenvalue weighted by molar-refractivity contribution is 8.00. The minimum absolute atomic E-state index is 0.000237. The van der Waals surface area contributed by atoms with E-state index in [0.29, 0.717) is 11.0 Å². The Hall–Kier alpha value is -2.18. The van der Waals surface area contributed by atoms with Crippen molar-refractivity contribution in [3.05, 3.63) is 54.1 Å². The third kappa shape index (κ3) is 4.93. The normalized spacial score (nSPS) is 16.5. The van der Waals surface area contributed by atoms with E-state index in [1.54, 1.807) is 43.1 Å². The van der Waals surface area contributed by atoms with E-state index in [1.165, 1.54) is 4.90 Å². The molecule has 2 aromatic rings. The van der Waals surface area contributed by atoms with Crippen LogP contribution in [0.15, 0.2) is 53.4 Å². The molecule has 0 radical (unpaired) electrons. The number of thioether (sulfide) groups is 1. The lowest BCUT2D eigenvalue weighted by Gasteiger charge is -2.17. The van der Waals surface area contributed by atoms with Crippen LogP contribution in [0.5, 0.6) is 11.5 Å². The van der Waals surface area contributed by atoms with Crippen LogP contribution < -0.4 is 9.47 Å². The second-order valence-electron chi connectivity index (χ2n) is 6.13. The highest BCUT2D eigenvalue weighted by Gasteiger charge is 2.27. The molecule has 1 heterocycles. The van der Waals surface area contributed by atoms with Crippen LogP contribution in [0.2, 0.25) is 0 Å². The van der Waals surface area contributed by atoms with Gasteiger partial charge in [-0.1, -0.05) is 12.1 Å². The number of hydrogen-bond donors (Lipinski definition) is 1. The van der Waals surface area contributed by atoms with Crippen LogP contribution in [0, 0.1) is 0 Å². The maximum Gasteiger partial charge on any atom is 0.260 e. The van der Waals surface area contributed by atoms with Crippen molar-refractivity contribution in [2.75, 3.05) is 26.8 Å². The minimum Gasteiger partial charge on any atom is -0.497 e. The lowest BCUT2D eigenvalue weighted by molar-refractivity contribution is -0.132. The molecule has 1 unspecified atom stereocenters. The first-order valence-corrected chi connectivity index (χ1v) is 9.47. The molecule has 2 aromatic carbocycles. The number of rotatable bonds is 7. The molecule has 26 heavy (non-hydrogen) atoms. The maximum atomic E-state index is 12.4. The number of amides is 1. The predicted octanol–water partition coefficient (Wildman–Crippen LogP) is 2.96. The fourth-order valence-electron chi connectivity index (χ4n) is 2.83. The van der Waals surface area contributed by atoms with Crippen LogP contribution in [0.3, 0.4) is 0 Å². The summed E-state index contributed by atoms with van der Waals surface area (Å²) < 4.78 is 10.7. The number of ether oxygens (including phenoxy) is 2. The van der Waals surface area contributed by atoms with Crippen LogP contribution in [0.25, 0.3) is 0 Å². The molecule has 1 atom stereocenters. The number of carbonyl (C=O) groups is 1. The van der Waals surface area contributed by atoms with Gasteiger partial charge in [-0.2, -0.15) is 0 Å². The van der Waals surface area contributed by atoms with Gasteiger partial charge in [0.05, 0.1) is 13.7 Å². The van der Waals surface area contributed by atoms with Gasteiger partial charge in [-0.15, -0.1) is 11.8 Å². The van der Waals surface area contributed by atoms with E-state index in [0.717, 1.165) is 30.8 Å². The van der Waals surface area contributed by atoms with Crippen LogP contribution in [0.1, 0.15) is 12.0 Å². The van der Waals surface area contributed by atoms with Gasteiger partial charge in [-0.3, -0.25) is 4.79 Å². The zero-order chi connectivity index (χ0) is 18.4. The summed E-state index contributed by atoms with van der Waals surface area (Å²) in [5, 5.41) is 9.44. The lowest BCUT2D eigenvalue weighted by atomic mass is 10.2. The molecule has 1 saturated heterocycles. The smallest absolute Gasteiger partial charge is 0.260 e. The van der Waals surface area contributed by atoms with Gasteiger partial charge in [0, 0.05) is 23.2 Å². The van der Waals surface area contributed by atoms with Crippen molar-refractivity contribution in [2.24, 2.45) is 0 Å². The fraction of sp³-hybridized carbons (Fsp3) is 0.350. The number of aliphatic hydroxyl groups excluding tert-OH is 1. The number of likely N-dealkylation sites (tertiary alicyclic amines) is 1. The average Bonchev–Trinajstić information content (AvgIpc) is 3.15. The molecule has 0 bridgehead atoms. The molecule has 0 saturated carbocycles. The highest BCUT2D eigenvalue weighted by atomic mass is 32.2. The van der Waals surface area contributed by atoms with Crippen molar-refractivity contribution in [1.29, 1.82) is 0 Å². The van der Waals surface area contributed by atoms with Crippen molar-refractivity contribution in [3.8, 4) is 11.5 Å². The Labute approximate surface area is 157 Å². The molecule has 3 rings (SSSR count). The third-order valence-electron chi connectivity index (χ3n) is 4.33. The van der Waals surface area contributed by atoms with E-state index in [-0.39, 0.29) is 19.1 Å². The van der Waals surface area contributed by atoms with Gasteiger partial charge >= 0.3 is 0 Å². The molecular weight excluding hydrogens is 350 g/mol. The number of aliphatic hydroxyl groups is 1. The van der Waals surface area contributed by atoms with Gasteiger partial charge in [0.2, 0.25) is 0 Å². The van der Waals surface area contributed by atoms with Crippen LogP contribution in [-0.2, 0) is 11.4 Å². The summed E-state index contributed by atoms with van der Waals surface area (Å²) in [7, 11) is 1.66. The summed E-state index contributed by atoms with van der Waals surface area (Å²) in [4.78, 5) is 15.4. The summed E-state index contributed by atoms with van der Waals surface area (Å²) in [6.45, 7) is 1.54. The zero-order valence-corrected chi connectivity index (χ0v) is 15.6. The van der Waals surface area contributed by atoms with Gasteiger partial charge < -0.3 is 19.5 Å². The first-order chi connectivity index (χ1) is 12.7. The first kappa shape index (κ1) is 18.6. The highest BCUT2D eigenvalue weighted by Crippen LogP contribution is 2.30. The van der Waals surface area contributed by atoms with Gasteiger partial charge in [0.25, 0.3) is 5.91 Å². The van der Waals surface area contributed by atoms with Crippen molar-refractivity contribution in [1.82, 2.24) is 4.90 Å². The molecule has 1 aliphatic rings. The Kier molecular flexibility index (Phi) is 6.41. The van der Waals surface area contributed by atoms with E-state index in [2.05, 4.69) is 0 Å². The molecule has 1 amide bonds. The number of benzene rings is 2. The Balaban J connectivity index is 1.45. The summed E-state index contributed by atoms with van der Waals surface area (Å²) in [6.07, 6.45) is 0.980. The van der Waals surface area contributed by atoms with E-state index < -0.39 is 0 Å². The molecule has 5 nitrogen and oxygen atoms in total. The van der Waals surface area contributed by atoms with Crippen molar-refractivity contribution in [3.63, 3.8) is 0 Å². The Bertz CT molecular complexity index is 718. The van der Waals surface area contributed by atoms with E-state index in [9.17, 15) is 4.79 Å². The molecule has 0 spiro atoms. The summed E-state index contributed by atoms with van der Waals surface area (Å²) in [6, 6.07) is 15.1. The first-order valence-electron chi connectivity index (χ1n) is 8.59. The summed E-state index contributed by atoms with van der Waals surface area (Å²) in [5.41, 5.74) is 0.821. The second kappa shape index (κ2) is 8.96. The average molecular weight is 373 g/mol. The Morgan fingerprint density at radius 2 is 1.85 bits per heavy atom. The molecule has 0 aliphatic carbocycles. The van der Waals surface area contributed by atoms with E-state index in [4.69, 9.17) is 14.6 Å². The molecule has 0 aromatic heterocycles. The SMILES string of the molecule is COc1ccc(SC2CCN(C(=O)COc3ccc(CO)cc3)C2)cc1. The summed E-state index contributed by atoms with van der Waals surface area (Å²) in [5.74, 6) is 1.50. The predicted molar refractivity (Wildman–Crippen MR) is 102 cm³/mol. The number of hydrogen-bond acceptors (Lipinski definition) is 5. The van der Waals surface area contributed by atoms with Crippen LogP contribution >= 0.6 is 11.8 Å². The number of nitrogens with zero attached hydrogens (tertiary/aromatic N) is 1. The molecule has 1 N–H and O–H groups in total. The molecule has 1 aliphatic heterocycles. The number of carbonyl (C=O) groups excluding carboxylic acids is 1. The Morgan fingerprint density at radius 1 is 1.15 bits per heavy atom. The van der Waals surface area contributed by atoms with Gasteiger partial charge in [0.1, 0.15) is 11.5 Å². The van der Waals surface area contributed by atoms with Gasteiger partial charge in [-0.25, -0.2) is 0 Å². The topological polar surface area (TPSA) is 59.0 Å². The van der Waals surface area contributed by atoms with Crippen LogP contribution in [0.4, 0.5) is 0 Å². The third-order valence-corrected chi connectivity index (χ3v) is 5.59. The van der Waals surface area contributed by atoms with Crippen molar-refractivity contribution in [2.45, 2.75) is 23.2 Å². The van der Waals surface area contributed by atoms with Crippen molar-refractivity contribution >= 4 is 17.7 Å². The van der Waals surface area contributed by atoms with Crippen LogP contribution in [-0.4, -0.2) is 48.0 Å². The summed E-state index contributed by atoms with van der Waals surface area (Å²) >= 11 is 1.80. The quantitative estimate of drug-likeness (QED) is 0.809. The van der Waals surface area contributed by atoms with E-state index in [1.807, 2.05) is 29.2 Å². The van der Waals surface area contributed by atoms with Crippen molar-refractivity contribution < 1.29 is 19.4 Å². The monoisotopic (exact) mass is 373 g/mol. The molecule has 1 fully saturated rings.